The zero-order valence-electron chi connectivity index (χ0n) is 11.2. The molecule has 0 aromatic heterocycles. The van der Waals surface area contributed by atoms with Crippen molar-refractivity contribution in [2.75, 3.05) is 11.6 Å². The Kier molecular flexibility index (Phi) is 5.35. The molecule has 7 nitrogen and oxygen atoms in total. The minimum Gasteiger partial charge on any atom is -0.478 e. The third-order valence-electron chi connectivity index (χ3n) is 2.61. The van der Waals surface area contributed by atoms with Crippen molar-refractivity contribution in [3.05, 3.63) is 28.3 Å². The van der Waals surface area contributed by atoms with Crippen LogP contribution in [0, 0.1) is 6.92 Å². The lowest BCUT2D eigenvalue weighted by Crippen LogP contribution is -2.16. The minimum atomic E-state index is -3.94. The molecule has 0 fully saturated rings. The normalized spacial score (nSPS) is 11.2. The Morgan fingerprint density at radius 3 is 2.14 bits per heavy atom. The molecule has 0 aliphatic rings. The van der Waals surface area contributed by atoms with Crippen LogP contribution in [0.1, 0.15) is 31.8 Å². The van der Waals surface area contributed by atoms with E-state index in [0.29, 0.717) is 5.33 Å². The van der Waals surface area contributed by atoms with Crippen molar-refractivity contribution in [2.24, 2.45) is 0 Å². The molecular weight excluding hydrogens is 368 g/mol. The number of carboxylic acid groups (broad SMARTS) is 2. The van der Waals surface area contributed by atoms with E-state index in [4.69, 9.17) is 0 Å². The average Bonchev–Trinajstić information content (AvgIpc) is 2.25. The van der Waals surface area contributed by atoms with E-state index in [1.54, 1.807) is 0 Å². The molecular formula is C12H13BrO7S. The number of benzene rings is 1. The summed E-state index contributed by atoms with van der Waals surface area (Å²) in [6.07, 6.45) is 0.883. The second-order valence-electron chi connectivity index (χ2n) is 4.26. The molecule has 2 N–H and O–H groups in total. The third-order valence-corrected chi connectivity index (χ3v) is 3.48. The van der Waals surface area contributed by atoms with E-state index in [-0.39, 0.29) is 28.9 Å². The predicted molar refractivity (Wildman–Crippen MR) is 78.1 cm³/mol. The van der Waals surface area contributed by atoms with E-state index < -0.39 is 27.6 Å². The van der Waals surface area contributed by atoms with Crippen LogP contribution in [0.4, 0.5) is 0 Å². The van der Waals surface area contributed by atoms with Crippen LogP contribution in [-0.2, 0) is 16.5 Å². The number of halogens is 1. The molecule has 0 spiro atoms. The molecule has 1 aromatic rings. The Labute approximate surface area is 129 Å². The molecule has 21 heavy (non-hydrogen) atoms. The molecule has 116 valence electrons. The van der Waals surface area contributed by atoms with Crippen molar-refractivity contribution >= 4 is 38.0 Å². The summed E-state index contributed by atoms with van der Waals surface area (Å²) in [6.45, 7) is 1.45. The largest absolute Gasteiger partial charge is 0.478 e. The Morgan fingerprint density at radius 2 is 1.76 bits per heavy atom. The first-order valence-electron chi connectivity index (χ1n) is 5.67. The molecule has 1 aromatic carbocycles. The van der Waals surface area contributed by atoms with E-state index in [0.717, 1.165) is 12.3 Å². The van der Waals surface area contributed by atoms with Crippen LogP contribution in [0.2, 0.25) is 0 Å². The first-order valence-corrected chi connectivity index (χ1v) is 8.60. The van der Waals surface area contributed by atoms with Crippen LogP contribution in [0.25, 0.3) is 0 Å². The molecule has 0 aliphatic carbocycles. The van der Waals surface area contributed by atoms with Gasteiger partial charge in [-0.3, -0.25) is 0 Å². The molecule has 0 unspecified atom stereocenters. The van der Waals surface area contributed by atoms with Crippen LogP contribution in [0.15, 0.2) is 6.07 Å². The van der Waals surface area contributed by atoms with Crippen molar-refractivity contribution in [2.45, 2.75) is 13.3 Å². The second-order valence-corrected chi connectivity index (χ2v) is 6.62. The Hall–Kier alpha value is -1.61. The highest BCUT2D eigenvalue weighted by Crippen LogP contribution is 2.31. The molecule has 0 amide bonds. The lowest BCUT2D eigenvalue weighted by molar-refractivity contribution is 0.0694. The minimum absolute atomic E-state index is 0.0190. The van der Waals surface area contributed by atoms with Gasteiger partial charge in [0.2, 0.25) is 0 Å². The standard InChI is InChI=1S/C12H13BrO7S/c1-6-5-8(20-21(2,18)19)10(12(16)17)7(3-4-13)9(6)11(14)15/h5H,3-4H2,1-2H3,(H,14,15)(H,16,17). The van der Waals surface area contributed by atoms with E-state index in [1.807, 2.05) is 0 Å². The van der Waals surface area contributed by atoms with Gasteiger partial charge < -0.3 is 14.4 Å². The van der Waals surface area contributed by atoms with E-state index in [1.165, 1.54) is 6.92 Å². The summed E-state index contributed by atoms with van der Waals surface area (Å²) in [5.74, 6) is -3.12. The fraction of sp³-hybridized carbons (Fsp3) is 0.333. The quantitative estimate of drug-likeness (QED) is 0.568. The van der Waals surface area contributed by atoms with E-state index in [2.05, 4.69) is 20.1 Å². The zero-order valence-corrected chi connectivity index (χ0v) is 13.6. The SMILES string of the molecule is Cc1cc(OS(C)(=O)=O)c(C(=O)O)c(CCBr)c1C(=O)O. The second kappa shape index (κ2) is 6.44. The van der Waals surface area contributed by atoms with E-state index >= 15 is 0 Å². The Morgan fingerprint density at radius 1 is 1.24 bits per heavy atom. The highest BCUT2D eigenvalue weighted by Gasteiger charge is 2.26. The smallest absolute Gasteiger partial charge is 0.339 e. The maximum Gasteiger partial charge on any atom is 0.339 e. The lowest BCUT2D eigenvalue weighted by Gasteiger charge is -2.15. The number of carbonyl (C=O) groups is 2. The Bertz CT molecular complexity index is 694. The molecule has 0 bridgehead atoms. The maximum atomic E-state index is 11.4. The summed E-state index contributed by atoms with van der Waals surface area (Å²) >= 11 is 3.12. The number of aromatic carboxylic acids is 2. The number of hydrogen-bond acceptors (Lipinski definition) is 5. The highest BCUT2D eigenvalue weighted by molar-refractivity contribution is 9.09. The predicted octanol–water partition coefficient (Wildman–Crippen LogP) is 1.67. The zero-order chi connectivity index (χ0) is 16.4. The summed E-state index contributed by atoms with van der Waals surface area (Å²) < 4.78 is 27.1. The monoisotopic (exact) mass is 380 g/mol. The van der Waals surface area contributed by atoms with Gasteiger partial charge in [-0.1, -0.05) is 15.9 Å². The molecule has 1 rings (SSSR count). The lowest BCUT2D eigenvalue weighted by atomic mass is 9.94. The van der Waals surface area contributed by atoms with Gasteiger partial charge in [0.05, 0.1) is 11.8 Å². The van der Waals surface area contributed by atoms with Crippen molar-refractivity contribution in [1.29, 1.82) is 0 Å². The van der Waals surface area contributed by atoms with Gasteiger partial charge in [0.25, 0.3) is 0 Å². The van der Waals surface area contributed by atoms with Gasteiger partial charge in [-0.2, -0.15) is 8.42 Å². The number of aryl methyl sites for hydroxylation is 1. The van der Waals surface area contributed by atoms with Crippen LogP contribution < -0.4 is 4.18 Å². The fourth-order valence-electron chi connectivity index (χ4n) is 1.96. The summed E-state index contributed by atoms with van der Waals surface area (Å²) in [5.41, 5.74) is -0.372. The van der Waals surface area contributed by atoms with Gasteiger partial charge >= 0.3 is 22.1 Å². The number of hydrogen-bond donors (Lipinski definition) is 2. The molecule has 0 saturated heterocycles. The molecule has 0 heterocycles. The van der Waals surface area contributed by atoms with Crippen molar-refractivity contribution < 1.29 is 32.4 Å². The van der Waals surface area contributed by atoms with Crippen LogP contribution in [0.3, 0.4) is 0 Å². The maximum absolute atomic E-state index is 11.4. The summed E-state index contributed by atoms with van der Waals surface area (Å²) in [5, 5.41) is 18.8. The fourth-order valence-corrected chi connectivity index (χ4v) is 2.81. The van der Waals surface area contributed by atoms with Gasteiger partial charge in [-0.05, 0) is 30.5 Å². The number of carboxylic acids is 2. The summed E-state index contributed by atoms with van der Waals surface area (Å²) in [4.78, 5) is 22.7. The van der Waals surface area contributed by atoms with Crippen LogP contribution in [-0.4, -0.2) is 42.2 Å². The summed E-state index contributed by atoms with van der Waals surface area (Å²) in [7, 11) is -3.94. The molecule has 0 saturated carbocycles. The number of alkyl halides is 1. The van der Waals surface area contributed by atoms with Gasteiger partial charge in [-0.15, -0.1) is 0 Å². The summed E-state index contributed by atoms with van der Waals surface area (Å²) in [6, 6.07) is 1.10. The van der Waals surface area contributed by atoms with Crippen molar-refractivity contribution in [1.82, 2.24) is 0 Å². The molecule has 9 heteroatoms. The van der Waals surface area contributed by atoms with Crippen LogP contribution >= 0.6 is 15.9 Å². The topological polar surface area (TPSA) is 118 Å². The van der Waals surface area contributed by atoms with Gasteiger partial charge in [0.15, 0.2) is 5.75 Å². The highest BCUT2D eigenvalue weighted by atomic mass is 79.9. The Balaban J connectivity index is 3.75. The van der Waals surface area contributed by atoms with Crippen LogP contribution in [0.5, 0.6) is 5.75 Å². The molecule has 0 aliphatic heterocycles. The van der Waals surface area contributed by atoms with Gasteiger partial charge in [-0.25, -0.2) is 9.59 Å². The van der Waals surface area contributed by atoms with E-state index in [9.17, 15) is 28.2 Å². The van der Waals surface area contributed by atoms with Gasteiger partial charge in [0.1, 0.15) is 5.56 Å². The third kappa shape index (κ3) is 4.18. The van der Waals surface area contributed by atoms with Gasteiger partial charge in [0, 0.05) is 5.33 Å². The average molecular weight is 381 g/mol. The van der Waals surface area contributed by atoms with Crippen molar-refractivity contribution in [3.8, 4) is 5.75 Å². The number of rotatable bonds is 6. The van der Waals surface area contributed by atoms with Crippen molar-refractivity contribution in [3.63, 3.8) is 0 Å². The first-order chi connectivity index (χ1) is 9.58. The first kappa shape index (κ1) is 17.4. The molecule has 0 atom stereocenters. The molecule has 0 radical (unpaired) electrons.